The topological polar surface area (TPSA) is 51.8 Å². The summed E-state index contributed by atoms with van der Waals surface area (Å²) in [7, 11) is 0. The quantitative estimate of drug-likeness (QED) is 0.604. The van der Waals surface area contributed by atoms with E-state index in [0.29, 0.717) is 17.1 Å². The third-order valence-corrected chi connectivity index (χ3v) is 2.32. The van der Waals surface area contributed by atoms with Crippen molar-refractivity contribution in [3.63, 3.8) is 0 Å². The molecular formula is C11H6ClN3O. The van der Waals surface area contributed by atoms with Crippen molar-refractivity contribution >= 4 is 22.8 Å². The average Bonchev–Trinajstić information content (AvgIpc) is 2.73. The number of halogens is 1. The van der Waals surface area contributed by atoms with Crippen LogP contribution in [0.3, 0.4) is 0 Å². The summed E-state index contributed by atoms with van der Waals surface area (Å²) in [5.74, 6) is 0.521. The van der Waals surface area contributed by atoms with E-state index in [0.717, 1.165) is 5.56 Å². The van der Waals surface area contributed by atoms with Crippen molar-refractivity contribution in [1.29, 1.82) is 0 Å². The van der Waals surface area contributed by atoms with Gasteiger partial charge in [0.1, 0.15) is 5.52 Å². The number of hydrogen-bond donors (Lipinski definition) is 0. The summed E-state index contributed by atoms with van der Waals surface area (Å²) < 4.78 is 5.49. The van der Waals surface area contributed by atoms with Crippen LogP contribution >= 0.6 is 11.6 Å². The highest BCUT2D eigenvalue weighted by molar-refractivity contribution is 6.28. The monoisotopic (exact) mass is 231 g/mol. The Balaban J connectivity index is 2.19. The molecule has 3 aromatic rings. The normalized spacial score (nSPS) is 10.8. The third kappa shape index (κ3) is 1.53. The number of benzene rings is 1. The molecule has 3 rings (SSSR count). The van der Waals surface area contributed by atoms with Crippen molar-refractivity contribution in [2.24, 2.45) is 0 Å². The maximum Gasteiger partial charge on any atom is 0.251 e. The van der Waals surface area contributed by atoms with Gasteiger partial charge >= 0.3 is 0 Å². The number of aromatic nitrogens is 3. The molecule has 0 amide bonds. The van der Waals surface area contributed by atoms with Crippen LogP contribution in [0.1, 0.15) is 0 Å². The van der Waals surface area contributed by atoms with Crippen LogP contribution in [0.5, 0.6) is 0 Å². The fourth-order valence-electron chi connectivity index (χ4n) is 1.42. The van der Waals surface area contributed by atoms with Gasteiger partial charge in [-0.3, -0.25) is 0 Å². The van der Waals surface area contributed by atoms with Crippen LogP contribution in [-0.4, -0.2) is 15.0 Å². The number of fused-ring (bicyclic) bond motifs is 1. The first kappa shape index (κ1) is 9.30. The van der Waals surface area contributed by atoms with Crippen molar-refractivity contribution in [2.45, 2.75) is 0 Å². The van der Waals surface area contributed by atoms with Crippen molar-refractivity contribution < 1.29 is 4.42 Å². The van der Waals surface area contributed by atoms with Crippen molar-refractivity contribution in [3.8, 4) is 11.5 Å². The maximum atomic E-state index is 5.66. The average molecular weight is 232 g/mol. The van der Waals surface area contributed by atoms with Gasteiger partial charge < -0.3 is 4.42 Å². The van der Waals surface area contributed by atoms with Crippen molar-refractivity contribution in [2.75, 3.05) is 0 Å². The lowest BCUT2D eigenvalue weighted by atomic mass is 10.2. The van der Waals surface area contributed by atoms with E-state index in [9.17, 15) is 0 Å². The molecular weight excluding hydrogens is 226 g/mol. The molecule has 0 N–H and O–H groups in total. The molecule has 2 aromatic heterocycles. The second kappa shape index (κ2) is 3.57. The lowest BCUT2D eigenvalue weighted by Crippen LogP contribution is -1.79. The Morgan fingerprint density at radius 3 is 2.69 bits per heavy atom. The van der Waals surface area contributed by atoms with E-state index < -0.39 is 0 Å². The first-order valence-corrected chi connectivity index (χ1v) is 5.05. The minimum Gasteiger partial charge on any atom is -0.418 e. The van der Waals surface area contributed by atoms with Crippen LogP contribution in [-0.2, 0) is 0 Å². The smallest absolute Gasteiger partial charge is 0.251 e. The van der Waals surface area contributed by atoms with E-state index in [1.54, 1.807) is 6.20 Å². The summed E-state index contributed by atoms with van der Waals surface area (Å²) in [4.78, 5) is 12.1. The van der Waals surface area contributed by atoms with Crippen LogP contribution in [0.25, 0.3) is 22.7 Å². The number of hydrogen-bond acceptors (Lipinski definition) is 4. The second-order valence-electron chi connectivity index (χ2n) is 3.21. The Kier molecular flexibility index (Phi) is 2.08. The zero-order chi connectivity index (χ0) is 11.0. The Labute approximate surface area is 95.9 Å². The first-order chi connectivity index (χ1) is 7.83. The summed E-state index contributed by atoms with van der Waals surface area (Å²) in [6.07, 6.45) is 1.54. The van der Waals surface area contributed by atoms with Gasteiger partial charge in [0.05, 0.1) is 6.20 Å². The van der Waals surface area contributed by atoms with Crippen LogP contribution in [0.15, 0.2) is 40.9 Å². The first-order valence-electron chi connectivity index (χ1n) is 4.67. The molecule has 1 aromatic carbocycles. The van der Waals surface area contributed by atoms with Gasteiger partial charge in [-0.1, -0.05) is 18.2 Å². The Morgan fingerprint density at radius 2 is 1.88 bits per heavy atom. The van der Waals surface area contributed by atoms with E-state index in [2.05, 4.69) is 15.0 Å². The summed E-state index contributed by atoms with van der Waals surface area (Å²) in [6.45, 7) is 0. The second-order valence-corrected chi connectivity index (χ2v) is 3.55. The van der Waals surface area contributed by atoms with E-state index in [1.807, 2.05) is 30.3 Å². The molecule has 0 saturated carbocycles. The molecule has 16 heavy (non-hydrogen) atoms. The highest BCUT2D eigenvalue weighted by Gasteiger charge is 2.09. The highest BCUT2D eigenvalue weighted by atomic mass is 35.5. The Bertz CT molecular complexity index is 636. The van der Waals surface area contributed by atoms with Crippen LogP contribution < -0.4 is 0 Å². The zero-order valence-electron chi connectivity index (χ0n) is 8.09. The minimum absolute atomic E-state index is 0.156. The fourth-order valence-corrected chi connectivity index (χ4v) is 1.54. The summed E-state index contributed by atoms with van der Waals surface area (Å²) in [6, 6.07) is 9.61. The number of nitrogens with zero attached hydrogens (tertiary/aromatic N) is 3. The van der Waals surface area contributed by atoms with Gasteiger partial charge in [-0.05, 0) is 23.7 Å². The largest absolute Gasteiger partial charge is 0.418 e. The molecule has 78 valence electrons. The SMILES string of the molecule is Clc1ncc2nc(-c3ccccc3)oc2n1. The van der Waals surface area contributed by atoms with E-state index >= 15 is 0 Å². The fraction of sp³-hybridized carbons (Fsp3) is 0. The molecule has 0 aliphatic rings. The molecule has 0 aliphatic heterocycles. The van der Waals surface area contributed by atoms with E-state index in [4.69, 9.17) is 16.0 Å². The number of rotatable bonds is 1. The molecule has 5 heteroatoms. The predicted molar refractivity (Wildman–Crippen MR) is 60.0 cm³/mol. The molecule has 0 radical (unpaired) electrons. The van der Waals surface area contributed by atoms with Crippen LogP contribution in [0.4, 0.5) is 0 Å². The van der Waals surface area contributed by atoms with Gasteiger partial charge in [0.25, 0.3) is 5.71 Å². The Hall–Kier alpha value is -1.94. The predicted octanol–water partition coefficient (Wildman–Crippen LogP) is 2.94. The van der Waals surface area contributed by atoms with Crippen molar-refractivity contribution in [3.05, 3.63) is 41.8 Å². The maximum absolute atomic E-state index is 5.66. The molecule has 4 nitrogen and oxygen atoms in total. The molecule has 0 aliphatic carbocycles. The standard InChI is InChI=1S/C11H6ClN3O/c12-11-13-6-8-10(15-11)16-9(14-8)7-4-2-1-3-5-7/h1-6H. The van der Waals surface area contributed by atoms with Crippen LogP contribution in [0.2, 0.25) is 5.28 Å². The zero-order valence-corrected chi connectivity index (χ0v) is 8.85. The Morgan fingerprint density at radius 1 is 1.06 bits per heavy atom. The van der Waals surface area contributed by atoms with Gasteiger partial charge in [0, 0.05) is 5.56 Å². The highest BCUT2D eigenvalue weighted by Crippen LogP contribution is 2.22. The molecule has 0 atom stereocenters. The van der Waals surface area contributed by atoms with Gasteiger partial charge in [0.2, 0.25) is 11.2 Å². The van der Waals surface area contributed by atoms with Gasteiger partial charge in [-0.25, -0.2) is 9.97 Å². The summed E-state index contributed by atoms with van der Waals surface area (Å²) >= 11 is 5.66. The molecule has 0 spiro atoms. The summed E-state index contributed by atoms with van der Waals surface area (Å²) in [5.41, 5.74) is 1.90. The minimum atomic E-state index is 0.156. The van der Waals surface area contributed by atoms with Crippen LogP contribution in [0, 0.1) is 0 Å². The third-order valence-electron chi connectivity index (χ3n) is 2.14. The molecule has 2 heterocycles. The van der Waals surface area contributed by atoms with E-state index in [-0.39, 0.29) is 5.28 Å². The molecule has 0 unspecified atom stereocenters. The van der Waals surface area contributed by atoms with Crippen molar-refractivity contribution in [1.82, 2.24) is 15.0 Å². The van der Waals surface area contributed by atoms with Gasteiger partial charge in [-0.2, -0.15) is 4.98 Å². The number of oxazole rings is 1. The van der Waals surface area contributed by atoms with Gasteiger partial charge in [0.15, 0.2) is 0 Å². The lowest BCUT2D eigenvalue weighted by molar-refractivity contribution is 0.607. The summed E-state index contributed by atoms with van der Waals surface area (Å²) in [5, 5.41) is 0.156. The molecule has 0 fully saturated rings. The van der Waals surface area contributed by atoms with E-state index in [1.165, 1.54) is 0 Å². The molecule has 0 saturated heterocycles. The molecule has 0 bridgehead atoms. The van der Waals surface area contributed by atoms with Gasteiger partial charge in [-0.15, -0.1) is 0 Å². The lowest BCUT2D eigenvalue weighted by Gasteiger charge is -1.91.